The highest BCUT2D eigenvalue weighted by Gasteiger charge is 2.58. The molecule has 0 N–H and O–H groups in total. The predicted octanol–water partition coefficient (Wildman–Crippen LogP) is 3.93. The fraction of sp³-hybridized carbons (Fsp3) is 0.562. The number of carbonyl (C=O) groups excluding carboxylic acids is 1. The van der Waals surface area contributed by atoms with E-state index in [0.29, 0.717) is 0 Å². The molecule has 96 valence electrons. The smallest absolute Gasteiger partial charge is 0.316 e. The lowest BCUT2D eigenvalue weighted by Crippen LogP contribution is -2.50. The third-order valence-electron chi connectivity index (χ3n) is 4.60. The zero-order chi connectivity index (χ0) is 12.6. The Morgan fingerprint density at radius 2 is 1.78 bits per heavy atom. The second-order valence-electron chi connectivity index (χ2n) is 5.71. The number of cyclic esters (lactones) is 1. The van der Waals surface area contributed by atoms with E-state index < -0.39 is 0 Å². The van der Waals surface area contributed by atoms with Crippen molar-refractivity contribution in [3.63, 3.8) is 0 Å². The van der Waals surface area contributed by atoms with E-state index >= 15 is 0 Å². The van der Waals surface area contributed by atoms with Crippen LogP contribution in [0.4, 0.5) is 0 Å². The van der Waals surface area contributed by atoms with E-state index in [1.165, 1.54) is 24.0 Å². The summed E-state index contributed by atoms with van der Waals surface area (Å²) < 4.78 is 5.52. The Labute approximate surface area is 108 Å². The summed E-state index contributed by atoms with van der Waals surface area (Å²) in [5, 5.41) is 0. The molecule has 2 aliphatic rings. The zero-order valence-corrected chi connectivity index (χ0v) is 10.9. The van der Waals surface area contributed by atoms with Gasteiger partial charge in [-0.15, -0.1) is 0 Å². The molecule has 1 aliphatic carbocycles. The average molecular weight is 244 g/mol. The van der Waals surface area contributed by atoms with Gasteiger partial charge >= 0.3 is 5.97 Å². The summed E-state index contributed by atoms with van der Waals surface area (Å²) in [6.45, 7) is 2.10. The molecular weight excluding hydrogens is 224 g/mol. The third kappa shape index (κ3) is 1.66. The molecule has 3 rings (SSSR count). The highest BCUT2D eigenvalue weighted by Crippen LogP contribution is 2.55. The Morgan fingerprint density at radius 3 is 2.39 bits per heavy atom. The maximum absolute atomic E-state index is 12.0. The standard InChI is InChI=1S/C16H20O2/c1-12-8-4-5-9-13(12)14-16(15(17)18-14)10-6-2-3-7-11-16/h4-5,8-9,14H,2-3,6-7,10-11H2,1H3. The molecule has 1 aromatic carbocycles. The first kappa shape index (κ1) is 11.8. The van der Waals surface area contributed by atoms with Gasteiger partial charge in [0.15, 0.2) is 0 Å². The Bertz CT molecular complexity index is 456. The molecule has 2 nitrogen and oxygen atoms in total. The minimum Gasteiger partial charge on any atom is -0.456 e. The van der Waals surface area contributed by atoms with Crippen LogP contribution in [0.1, 0.15) is 55.8 Å². The molecule has 2 fully saturated rings. The van der Waals surface area contributed by atoms with Crippen molar-refractivity contribution in [3.8, 4) is 0 Å². The quantitative estimate of drug-likeness (QED) is 0.699. The molecule has 1 heterocycles. The molecule has 1 atom stereocenters. The van der Waals surface area contributed by atoms with Gasteiger partial charge < -0.3 is 4.74 Å². The van der Waals surface area contributed by atoms with E-state index in [0.717, 1.165) is 25.7 Å². The molecule has 1 unspecified atom stereocenters. The van der Waals surface area contributed by atoms with E-state index in [1.807, 2.05) is 12.1 Å². The van der Waals surface area contributed by atoms with Crippen LogP contribution in [0.25, 0.3) is 0 Å². The van der Waals surface area contributed by atoms with Crippen LogP contribution in [-0.4, -0.2) is 5.97 Å². The van der Waals surface area contributed by atoms with Crippen molar-refractivity contribution in [3.05, 3.63) is 35.4 Å². The van der Waals surface area contributed by atoms with Gasteiger partial charge in [-0.25, -0.2) is 0 Å². The van der Waals surface area contributed by atoms with Gasteiger partial charge in [0.05, 0.1) is 0 Å². The molecule has 18 heavy (non-hydrogen) atoms. The number of hydrogen-bond donors (Lipinski definition) is 0. The minimum absolute atomic E-state index is 0.00398. The lowest BCUT2D eigenvalue weighted by molar-refractivity contribution is -0.212. The number of hydrogen-bond acceptors (Lipinski definition) is 2. The van der Waals surface area contributed by atoms with Crippen LogP contribution in [0.2, 0.25) is 0 Å². The Morgan fingerprint density at radius 1 is 1.11 bits per heavy atom. The molecule has 0 bridgehead atoms. The van der Waals surface area contributed by atoms with Crippen LogP contribution >= 0.6 is 0 Å². The van der Waals surface area contributed by atoms with Crippen LogP contribution < -0.4 is 0 Å². The van der Waals surface area contributed by atoms with Crippen LogP contribution in [-0.2, 0) is 9.53 Å². The monoisotopic (exact) mass is 244 g/mol. The molecule has 0 amide bonds. The summed E-state index contributed by atoms with van der Waals surface area (Å²) in [4.78, 5) is 12.0. The lowest BCUT2D eigenvalue weighted by atomic mass is 9.68. The predicted molar refractivity (Wildman–Crippen MR) is 70.1 cm³/mol. The minimum atomic E-state index is -0.206. The first-order valence-electron chi connectivity index (χ1n) is 7.01. The van der Waals surface area contributed by atoms with Gasteiger partial charge in [-0.2, -0.15) is 0 Å². The number of aryl methyl sites for hydroxylation is 1. The molecule has 1 saturated carbocycles. The van der Waals surface area contributed by atoms with Crippen molar-refractivity contribution in [1.29, 1.82) is 0 Å². The van der Waals surface area contributed by atoms with Crippen LogP contribution in [0, 0.1) is 12.3 Å². The summed E-state index contributed by atoms with van der Waals surface area (Å²) in [5.41, 5.74) is 2.24. The highest BCUT2D eigenvalue weighted by molar-refractivity contribution is 5.84. The number of carbonyl (C=O) groups is 1. The van der Waals surface area contributed by atoms with Gasteiger partial charge in [0, 0.05) is 0 Å². The van der Waals surface area contributed by atoms with Gasteiger partial charge in [-0.05, 0) is 30.9 Å². The molecule has 1 saturated heterocycles. The van der Waals surface area contributed by atoms with Crippen molar-refractivity contribution < 1.29 is 9.53 Å². The topological polar surface area (TPSA) is 26.3 Å². The third-order valence-corrected chi connectivity index (χ3v) is 4.60. The molecular formula is C16H20O2. The van der Waals surface area contributed by atoms with E-state index in [4.69, 9.17) is 4.74 Å². The molecule has 0 aromatic heterocycles. The van der Waals surface area contributed by atoms with E-state index in [9.17, 15) is 4.79 Å². The van der Waals surface area contributed by atoms with Crippen LogP contribution in [0.15, 0.2) is 24.3 Å². The van der Waals surface area contributed by atoms with E-state index in [-0.39, 0.29) is 17.5 Å². The summed E-state index contributed by atoms with van der Waals surface area (Å²) in [5.74, 6) is 0.0395. The first-order valence-corrected chi connectivity index (χ1v) is 7.01. The van der Waals surface area contributed by atoms with Crippen LogP contribution in [0.5, 0.6) is 0 Å². The van der Waals surface area contributed by atoms with E-state index in [1.54, 1.807) is 0 Å². The average Bonchev–Trinajstić information content (AvgIpc) is 2.65. The highest BCUT2D eigenvalue weighted by atomic mass is 16.6. The molecule has 1 aliphatic heterocycles. The number of rotatable bonds is 1. The van der Waals surface area contributed by atoms with Gasteiger partial charge in [-0.1, -0.05) is 49.9 Å². The SMILES string of the molecule is Cc1ccccc1C1OC(=O)C12CCCCCC2. The van der Waals surface area contributed by atoms with Crippen molar-refractivity contribution in [2.45, 2.75) is 51.6 Å². The second-order valence-corrected chi connectivity index (χ2v) is 5.71. The van der Waals surface area contributed by atoms with Gasteiger partial charge in [-0.3, -0.25) is 4.79 Å². The number of ether oxygens (including phenoxy) is 1. The Hall–Kier alpha value is -1.31. The van der Waals surface area contributed by atoms with Gasteiger partial charge in [0.1, 0.15) is 11.5 Å². The second kappa shape index (κ2) is 4.42. The summed E-state index contributed by atoms with van der Waals surface area (Å²) >= 11 is 0. The van der Waals surface area contributed by atoms with E-state index in [2.05, 4.69) is 19.1 Å². The Kier molecular flexibility index (Phi) is 2.89. The van der Waals surface area contributed by atoms with Crippen LogP contribution in [0.3, 0.4) is 0 Å². The molecule has 0 radical (unpaired) electrons. The van der Waals surface area contributed by atoms with Crippen molar-refractivity contribution >= 4 is 5.97 Å². The van der Waals surface area contributed by atoms with Crippen molar-refractivity contribution in [2.24, 2.45) is 5.41 Å². The largest absolute Gasteiger partial charge is 0.456 e. The first-order chi connectivity index (χ1) is 8.74. The fourth-order valence-electron chi connectivity index (χ4n) is 3.45. The zero-order valence-electron chi connectivity index (χ0n) is 10.9. The van der Waals surface area contributed by atoms with Gasteiger partial charge in [0.2, 0.25) is 0 Å². The summed E-state index contributed by atoms with van der Waals surface area (Å²) in [6, 6.07) is 8.29. The summed E-state index contributed by atoms with van der Waals surface area (Å²) in [6.07, 6.45) is 6.86. The molecule has 2 heteroatoms. The maximum atomic E-state index is 12.0. The van der Waals surface area contributed by atoms with Crippen molar-refractivity contribution in [2.75, 3.05) is 0 Å². The maximum Gasteiger partial charge on any atom is 0.316 e. The number of esters is 1. The lowest BCUT2D eigenvalue weighted by Gasteiger charge is -2.47. The fourth-order valence-corrected chi connectivity index (χ4v) is 3.45. The normalized spacial score (nSPS) is 26.3. The molecule has 1 aromatic rings. The number of benzene rings is 1. The Balaban J connectivity index is 1.93. The molecule has 1 spiro atoms. The summed E-state index contributed by atoms with van der Waals surface area (Å²) in [7, 11) is 0. The van der Waals surface area contributed by atoms with Crippen molar-refractivity contribution in [1.82, 2.24) is 0 Å². The van der Waals surface area contributed by atoms with Gasteiger partial charge in [0.25, 0.3) is 0 Å².